The lowest BCUT2D eigenvalue weighted by Gasteiger charge is -2.31. The molecule has 1 aliphatic carbocycles. The molecule has 2 amide bonds. The van der Waals surface area contributed by atoms with Crippen LogP contribution in [0.4, 0.5) is 13.6 Å². The Morgan fingerprint density at radius 3 is 2.67 bits per heavy atom. The summed E-state index contributed by atoms with van der Waals surface area (Å²) in [6, 6.07) is 3.96. The lowest BCUT2D eigenvalue weighted by Crippen LogP contribution is -2.43. The molecule has 0 aliphatic heterocycles. The van der Waals surface area contributed by atoms with Gasteiger partial charge in [0, 0.05) is 13.1 Å². The SMILES string of the molecule is CON(C)C(=O)[C@@]1(Cc2ccc(F)c(-c3ncc(F)cn3)c2)CC[C@H](NC(=O)O)C1. The molecule has 2 aromatic rings. The highest BCUT2D eigenvalue weighted by Gasteiger charge is 2.47. The number of carbonyl (C=O) groups is 2. The van der Waals surface area contributed by atoms with E-state index in [4.69, 9.17) is 9.94 Å². The Bertz CT molecular complexity index is 941. The second-order valence-corrected chi connectivity index (χ2v) is 7.37. The topological polar surface area (TPSA) is 105 Å². The fourth-order valence-electron chi connectivity index (χ4n) is 3.97. The van der Waals surface area contributed by atoms with Crippen LogP contribution < -0.4 is 5.32 Å². The number of hydroxylamine groups is 2. The number of nitrogens with one attached hydrogen (secondary N) is 1. The van der Waals surface area contributed by atoms with Crippen LogP contribution in [0.3, 0.4) is 0 Å². The molecule has 0 saturated heterocycles. The molecule has 0 unspecified atom stereocenters. The molecule has 160 valence electrons. The first-order valence-corrected chi connectivity index (χ1v) is 9.32. The average molecular weight is 420 g/mol. The van der Waals surface area contributed by atoms with Gasteiger partial charge >= 0.3 is 6.09 Å². The number of aromatic nitrogens is 2. The molecular formula is C20H22F2N4O4. The third-order valence-electron chi connectivity index (χ3n) is 5.38. The summed E-state index contributed by atoms with van der Waals surface area (Å²) in [5.74, 6) is -1.47. The van der Waals surface area contributed by atoms with Crippen LogP contribution in [0.2, 0.25) is 0 Å². The average Bonchev–Trinajstić information content (AvgIpc) is 3.11. The van der Waals surface area contributed by atoms with Crippen LogP contribution in [0.5, 0.6) is 0 Å². The van der Waals surface area contributed by atoms with E-state index in [0.29, 0.717) is 18.4 Å². The van der Waals surface area contributed by atoms with Gasteiger partial charge in [0.1, 0.15) is 5.82 Å². The lowest BCUT2D eigenvalue weighted by atomic mass is 9.78. The van der Waals surface area contributed by atoms with Crippen LogP contribution in [0.1, 0.15) is 24.8 Å². The highest BCUT2D eigenvalue weighted by Crippen LogP contribution is 2.43. The molecule has 10 heteroatoms. The minimum Gasteiger partial charge on any atom is -0.465 e. The van der Waals surface area contributed by atoms with Crippen molar-refractivity contribution in [1.82, 2.24) is 20.3 Å². The summed E-state index contributed by atoms with van der Waals surface area (Å²) in [6.07, 6.45) is 2.20. The van der Waals surface area contributed by atoms with Gasteiger partial charge in [0.15, 0.2) is 11.6 Å². The van der Waals surface area contributed by atoms with Crippen LogP contribution in [0, 0.1) is 17.0 Å². The quantitative estimate of drug-likeness (QED) is 0.697. The van der Waals surface area contributed by atoms with Crippen LogP contribution in [0.25, 0.3) is 11.4 Å². The van der Waals surface area contributed by atoms with Gasteiger partial charge in [-0.2, -0.15) is 0 Å². The summed E-state index contributed by atoms with van der Waals surface area (Å²) < 4.78 is 27.5. The third kappa shape index (κ3) is 4.54. The molecule has 0 bridgehead atoms. The van der Waals surface area contributed by atoms with Crippen LogP contribution in [-0.4, -0.2) is 52.3 Å². The molecule has 0 radical (unpaired) electrons. The van der Waals surface area contributed by atoms with Gasteiger partial charge in [-0.1, -0.05) is 6.07 Å². The van der Waals surface area contributed by atoms with Crippen molar-refractivity contribution in [2.75, 3.05) is 14.2 Å². The van der Waals surface area contributed by atoms with E-state index in [1.54, 1.807) is 6.07 Å². The fourth-order valence-corrected chi connectivity index (χ4v) is 3.97. The summed E-state index contributed by atoms with van der Waals surface area (Å²) in [7, 11) is 2.86. The standard InChI is InChI=1S/C20H22F2N4O4/c1-26(30-2)18(27)20(6-5-14(9-20)25-19(28)29)8-12-3-4-16(22)15(7-12)17-23-10-13(21)11-24-17/h3-4,7,10-11,14,25H,5-6,8-9H2,1-2H3,(H,28,29)/t14-,20+/m0/s1. The van der Waals surface area contributed by atoms with E-state index in [2.05, 4.69) is 15.3 Å². The monoisotopic (exact) mass is 420 g/mol. The van der Waals surface area contributed by atoms with E-state index < -0.39 is 23.1 Å². The molecular weight excluding hydrogens is 398 g/mol. The van der Waals surface area contributed by atoms with E-state index in [9.17, 15) is 18.4 Å². The molecule has 1 saturated carbocycles. The molecule has 8 nitrogen and oxygen atoms in total. The first-order chi connectivity index (χ1) is 14.2. The smallest absolute Gasteiger partial charge is 0.404 e. The highest BCUT2D eigenvalue weighted by molar-refractivity contribution is 5.82. The maximum Gasteiger partial charge on any atom is 0.404 e. The number of benzene rings is 1. The number of carbonyl (C=O) groups excluding carboxylic acids is 1. The van der Waals surface area contributed by atoms with Crippen molar-refractivity contribution in [3.8, 4) is 11.4 Å². The number of hydrogen-bond donors (Lipinski definition) is 2. The molecule has 1 aliphatic rings. The van der Waals surface area contributed by atoms with E-state index in [0.717, 1.165) is 17.5 Å². The number of halogens is 2. The maximum absolute atomic E-state index is 14.4. The van der Waals surface area contributed by atoms with Crippen LogP contribution in [0.15, 0.2) is 30.6 Å². The summed E-state index contributed by atoms with van der Waals surface area (Å²) in [4.78, 5) is 36.8. The Morgan fingerprint density at radius 2 is 2.03 bits per heavy atom. The van der Waals surface area contributed by atoms with Crippen molar-refractivity contribution in [2.24, 2.45) is 5.41 Å². The van der Waals surface area contributed by atoms with Crippen molar-refractivity contribution >= 4 is 12.0 Å². The second-order valence-electron chi connectivity index (χ2n) is 7.37. The summed E-state index contributed by atoms with van der Waals surface area (Å²) in [5.41, 5.74) is -0.182. The first kappa shape index (κ1) is 21.6. The number of carboxylic acid groups (broad SMARTS) is 1. The second kappa shape index (κ2) is 8.70. The lowest BCUT2D eigenvalue weighted by molar-refractivity contribution is -0.180. The third-order valence-corrected chi connectivity index (χ3v) is 5.38. The predicted octanol–water partition coefficient (Wildman–Crippen LogP) is 2.79. The zero-order valence-corrected chi connectivity index (χ0v) is 16.6. The molecule has 2 atom stereocenters. The van der Waals surface area contributed by atoms with Gasteiger partial charge in [-0.25, -0.2) is 28.6 Å². The normalized spacial score (nSPS) is 20.7. The number of rotatable bonds is 6. The minimum atomic E-state index is -1.15. The first-order valence-electron chi connectivity index (χ1n) is 9.32. The molecule has 3 rings (SSSR count). The zero-order valence-electron chi connectivity index (χ0n) is 16.6. The van der Waals surface area contributed by atoms with Gasteiger partial charge in [-0.15, -0.1) is 0 Å². The van der Waals surface area contributed by atoms with Gasteiger partial charge in [0.25, 0.3) is 5.91 Å². The predicted molar refractivity (Wildman–Crippen MR) is 102 cm³/mol. The summed E-state index contributed by atoms with van der Waals surface area (Å²) in [6.45, 7) is 0. The van der Waals surface area contributed by atoms with Crippen molar-refractivity contribution in [3.63, 3.8) is 0 Å². The fraction of sp³-hybridized carbons (Fsp3) is 0.400. The Hall–Kier alpha value is -3.14. The molecule has 0 spiro atoms. The van der Waals surface area contributed by atoms with Gasteiger partial charge in [0.05, 0.1) is 30.5 Å². The largest absolute Gasteiger partial charge is 0.465 e. The van der Waals surface area contributed by atoms with Crippen molar-refractivity contribution < 1.29 is 28.3 Å². The van der Waals surface area contributed by atoms with Crippen molar-refractivity contribution in [3.05, 3.63) is 47.8 Å². The van der Waals surface area contributed by atoms with Crippen molar-refractivity contribution in [1.29, 1.82) is 0 Å². The summed E-state index contributed by atoms with van der Waals surface area (Å²) >= 11 is 0. The molecule has 1 heterocycles. The van der Waals surface area contributed by atoms with E-state index in [1.807, 2.05) is 0 Å². The van der Waals surface area contributed by atoms with E-state index >= 15 is 0 Å². The van der Waals surface area contributed by atoms with Gasteiger partial charge < -0.3 is 10.4 Å². The Kier molecular flexibility index (Phi) is 6.25. The Morgan fingerprint density at radius 1 is 1.33 bits per heavy atom. The molecule has 30 heavy (non-hydrogen) atoms. The molecule has 1 fully saturated rings. The van der Waals surface area contributed by atoms with Crippen LogP contribution in [-0.2, 0) is 16.1 Å². The Balaban J connectivity index is 1.93. The number of nitrogens with zero attached hydrogens (tertiary/aromatic N) is 3. The van der Waals surface area contributed by atoms with Crippen LogP contribution >= 0.6 is 0 Å². The maximum atomic E-state index is 14.4. The van der Waals surface area contributed by atoms with E-state index in [1.165, 1.54) is 26.3 Å². The summed E-state index contributed by atoms with van der Waals surface area (Å²) in [5, 5.41) is 12.6. The zero-order chi connectivity index (χ0) is 21.9. The van der Waals surface area contributed by atoms with Gasteiger partial charge in [-0.05, 0) is 43.4 Å². The minimum absolute atomic E-state index is 0.0296. The number of hydrogen-bond acceptors (Lipinski definition) is 5. The number of amides is 2. The molecule has 1 aromatic heterocycles. The Labute approximate surface area is 171 Å². The van der Waals surface area contributed by atoms with Gasteiger partial charge in [0.2, 0.25) is 0 Å². The highest BCUT2D eigenvalue weighted by atomic mass is 19.1. The van der Waals surface area contributed by atoms with Gasteiger partial charge in [-0.3, -0.25) is 9.63 Å². The van der Waals surface area contributed by atoms with Crippen molar-refractivity contribution in [2.45, 2.75) is 31.7 Å². The molecule has 2 N–H and O–H groups in total. The van der Waals surface area contributed by atoms with E-state index in [-0.39, 0.29) is 36.2 Å². The molecule has 1 aromatic carbocycles.